The second kappa shape index (κ2) is 7.48. The molecule has 0 bridgehead atoms. The standard InChI is InChI=1S/C18H17N3O4/c1-24-17-9-12(4-6-14(17)18(22)23)11-25-13-5-7-15(19-10-13)16-3-2-8-20-21-16/h3-10,21H,2,11H2,1H3,(H,22,23). The number of benzene rings is 1. The van der Waals surface area contributed by atoms with E-state index in [9.17, 15) is 4.79 Å². The molecule has 1 aliphatic heterocycles. The number of carbonyl (C=O) groups is 1. The smallest absolute Gasteiger partial charge is 0.339 e. The van der Waals surface area contributed by atoms with Gasteiger partial charge in [-0.05, 0) is 29.8 Å². The molecular formula is C18H17N3O4. The summed E-state index contributed by atoms with van der Waals surface area (Å²) < 4.78 is 10.8. The molecule has 0 saturated heterocycles. The summed E-state index contributed by atoms with van der Waals surface area (Å²) in [5.41, 5.74) is 5.48. The van der Waals surface area contributed by atoms with E-state index in [0.717, 1.165) is 23.4 Å². The number of hydrogen-bond donors (Lipinski definition) is 2. The number of carboxylic acid groups (broad SMARTS) is 1. The van der Waals surface area contributed by atoms with Gasteiger partial charge in [0.2, 0.25) is 0 Å². The van der Waals surface area contributed by atoms with E-state index in [1.807, 2.05) is 18.2 Å². The van der Waals surface area contributed by atoms with Crippen LogP contribution in [0.3, 0.4) is 0 Å². The van der Waals surface area contributed by atoms with Gasteiger partial charge >= 0.3 is 5.97 Å². The van der Waals surface area contributed by atoms with E-state index in [4.69, 9.17) is 14.6 Å². The Bertz CT molecular complexity index is 829. The molecule has 0 atom stereocenters. The molecule has 1 aromatic carbocycles. The maximum absolute atomic E-state index is 11.1. The minimum atomic E-state index is -1.03. The molecule has 2 aromatic rings. The van der Waals surface area contributed by atoms with Gasteiger partial charge in [0.25, 0.3) is 0 Å². The van der Waals surface area contributed by atoms with Crippen LogP contribution in [-0.4, -0.2) is 29.4 Å². The van der Waals surface area contributed by atoms with Gasteiger partial charge in [-0.2, -0.15) is 5.10 Å². The Balaban J connectivity index is 1.65. The highest BCUT2D eigenvalue weighted by Gasteiger charge is 2.11. The molecule has 3 rings (SSSR count). The van der Waals surface area contributed by atoms with Crippen LogP contribution in [0.5, 0.6) is 11.5 Å². The minimum absolute atomic E-state index is 0.119. The molecule has 0 amide bonds. The molecule has 1 aromatic heterocycles. The molecule has 0 radical (unpaired) electrons. The second-order valence-corrected chi connectivity index (χ2v) is 5.28. The third kappa shape index (κ3) is 3.95. The van der Waals surface area contributed by atoms with Crippen LogP contribution >= 0.6 is 0 Å². The molecule has 7 nitrogen and oxygen atoms in total. The number of carboxylic acids is 1. The lowest BCUT2D eigenvalue weighted by Gasteiger charge is -2.11. The number of methoxy groups -OCH3 is 1. The third-order valence-electron chi connectivity index (χ3n) is 3.62. The number of nitrogens with zero attached hydrogens (tertiary/aromatic N) is 2. The summed E-state index contributed by atoms with van der Waals surface area (Å²) in [6.07, 6.45) is 6.20. The molecular weight excluding hydrogens is 322 g/mol. The van der Waals surface area contributed by atoms with E-state index in [-0.39, 0.29) is 12.2 Å². The molecule has 25 heavy (non-hydrogen) atoms. The van der Waals surface area contributed by atoms with Crippen LogP contribution in [0.25, 0.3) is 5.70 Å². The lowest BCUT2D eigenvalue weighted by Crippen LogP contribution is -2.09. The average Bonchev–Trinajstić information content (AvgIpc) is 2.67. The van der Waals surface area contributed by atoms with Crippen molar-refractivity contribution >= 4 is 17.9 Å². The number of nitrogens with one attached hydrogen (secondary N) is 1. The monoisotopic (exact) mass is 339 g/mol. The maximum Gasteiger partial charge on any atom is 0.339 e. The number of pyridine rings is 1. The number of hydrazone groups is 1. The van der Waals surface area contributed by atoms with Crippen molar-refractivity contribution in [1.82, 2.24) is 10.4 Å². The molecule has 0 fully saturated rings. The van der Waals surface area contributed by atoms with Crippen LogP contribution in [0.2, 0.25) is 0 Å². The van der Waals surface area contributed by atoms with Crippen LogP contribution < -0.4 is 14.9 Å². The van der Waals surface area contributed by atoms with E-state index >= 15 is 0 Å². The zero-order valence-electron chi connectivity index (χ0n) is 13.6. The Morgan fingerprint density at radius 3 is 2.84 bits per heavy atom. The van der Waals surface area contributed by atoms with Gasteiger partial charge in [0.1, 0.15) is 23.7 Å². The first kappa shape index (κ1) is 16.5. The highest BCUT2D eigenvalue weighted by Crippen LogP contribution is 2.22. The second-order valence-electron chi connectivity index (χ2n) is 5.28. The lowest BCUT2D eigenvalue weighted by molar-refractivity contribution is 0.0693. The quantitative estimate of drug-likeness (QED) is 0.840. The molecule has 0 unspecified atom stereocenters. The van der Waals surface area contributed by atoms with Crippen molar-refractivity contribution in [3.05, 3.63) is 59.4 Å². The van der Waals surface area contributed by atoms with Crippen molar-refractivity contribution in [3.63, 3.8) is 0 Å². The molecule has 0 aliphatic carbocycles. The maximum atomic E-state index is 11.1. The summed E-state index contributed by atoms with van der Waals surface area (Å²) in [6, 6.07) is 8.53. The first-order chi connectivity index (χ1) is 12.2. The van der Waals surface area contributed by atoms with Crippen molar-refractivity contribution in [2.45, 2.75) is 13.0 Å². The molecule has 0 spiro atoms. The molecule has 128 valence electrons. The third-order valence-corrected chi connectivity index (χ3v) is 3.62. The van der Waals surface area contributed by atoms with Gasteiger partial charge in [-0.3, -0.25) is 10.4 Å². The molecule has 7 heteroatoms. The highest BCUT2D eigenvalue weighted by molar-refractivity contribution is 5.91. The number of aromatic nitrogens is 1. The number of hydrogen-bond acceptors (Lipinski definition) is 6. The minimum Gasteiger partial charge on any atom is -0.496 e. The van der Waals surface area contributed by atoms with E-state index in [1.54, 1.807) is 24.5 Å². The van der Waals surface area contributed by atoms with E-state index < -0.39 is 5.97 Å². The van der Waals surface area contributed by atoms with Crippen LogP contribution in [0.1, 0.15) is 28.0 Å². The fraction of sp³-hybridized carbons (Fsp3) is 0.167. The Kier molecular flexibility index (Phi) is 4.94. The lowest BCUT2D eigenvalue weighted by atomic mass is 10.1. The summed E-state index contributed by atoms with van der Waals surface area (Å²) in [5, 5.41) is 13.1. The molecule has 2 N–H and O–H groups in total. The fourth-order valence-electron chi connectivity index (χ4n) is 2.34. The Hall–Kier alpha value is -3.35. The highest BCUT2D eigenvalue weighted by atomic mass is 16.5. The summed E-state index contributed by atoms with van der Waals surface area (Å²) in [7, 11) is 1.44. The van der Waals surface area contributed by atoms with Crippen molar-refractivity contribution in [2.75, 3.05) is 7.11 Å². The van der Waals surface area contributed by atoms with Gasteiger partial charge in [-0.1, -0.05) is 12.1 Å². The van der Waals surface area contributed by atoms with Gasteiger partial charge in [0, 0.05) is 12.6 Å². The summed E-state index contributed by atoms with van der Waals surface area (Å²) in [4.78, 5) is 15.4. The molecule has 2 heterocycles. The van der Waals surface area contributed by atoms with Gasteiger partial charge in [-0.15, -0.1) is 0 Å². The van der Waals surface area contributed by atoms with Gasteiger partial charge in [0.15, 0.2) is 0 Å². The number of ether oxygens (including phenoxy) is 2. The average molecular weight is 339 g/mol. The van der Waals surface area contributed by atoms with E-state index in [1.165, 1.54) is 13.2 Å². The van der Waals surface area contributed by atoms with Crippen LogP contribution in [0, 0.1) is 0 Å². The number of aromatic carboxylic acids is 1. The van der Waals surface area contributed by atoms with Crippen molar-refractivity contribution in [1.29, 1.82) is 0 Å². The molecule has 1 aliphatic rings. The zero-order chi connectivity index (χ0) is 17.6. The van der Waals surface area contributed by atoms with E-state index in [2.05, 4.69) is 15.5 Å². The Morgan fingerprint density at radius 2 is 2.20 bits per heavy atom. The van der Waals surface area contributed by atoms with Crippen molar-refractivity contribution in [3.8, 4) is 11.5 Å². The summed E-state index contributed by atoms with van der Waals surface area (Å²) in [5.74, 6) is -0.109. The van der Waals surface area contributed by atoms with Gasteiger partial charge in [0.05, 0.1) is 24.7 Å². The van der Waals surface area contributed by atoms with Crippen LogP contribution in [-0.2, 0) is 6.61 Å². The predicted octanol–water partition coefficient (Wildman–Crippen LogP) is 2.69. The predicted molar refractivity (Wildman–Crippen MR) is 92.7 cm³/mol. The van der Waals surface area contributed by atoms with Gasteiger partial charge in [-0.25, -0.2) is 4.79 Å². The summed E-state index contributed by atoms with van der Waals surface area (Å²) in [6.45, 7) is 0.280. The zero-order valence-corrected chi connectivity index (χ0v) is 13.6. The van der Waals surface area contributed by atoms with Crippen molar-refractivity contribution < 1.29 is 19.4 Å². The topological polar surface area (TPSA) is 93.0 Å². The number of allylic oxidation sites excluding steroid dienone is 1. The van der Waals surface area contributed by atoms with Crippen LogP contribution in [0.4, 0.5) is 0 Å². The fourth-order valence-corrected chi connectivity index (χ4v) is 2.34. The Labute approximate surface area is 144 Å². The number of rotatable bonds is 6. The summed E-state index contributed by atoms with van der Waals surface area (Å²) >= 11 is 0. The van der Waals surface area contributed by atoms with Gasteiger partial charge < -0.3 is 14.6 Å². The largest absolute Gasteiger partial charge is 0.496 e. The van der Waals surface area contributed by atoms with Crippen molar-refractivity contribution in [2.24, 2.45) is 5.10 Å². The molecule has 0 saturated carbocycles. The Morgan fingerprint density at radius 1 is 1.32 bits per heavy atom. The SMILES string of the molecule is COc1cc(COc2ccc(C3=CCC=NN3)nc2)ccc1C(=O)O. The van der Waals surface area contributed by atoms with Crippen LogP contribution in [0.15, 0.2) is 47.7 Å². The normalized spacial score (nSPS) is 12.9. The van der Waals surface area contributed by atoms with E-state index in [0.29, 0.717) is 11.5 Å². The first-order valence-electron chi connectivity index (χ1n) is 7.64. The first-order valence-corrected chi connectivity index (χ1v) is 7.64.